The van der Waals surface area contributed by atoms with Gasteiger partial charge in [0.15, 0.2) is 5.78 Å². The van der Waals surface area contributed by atoms with E-state index < -0.39 is 22.8 Å². The number of pyridine rings is 1. The molecule has 7 heteroatoms. The predicted octanol–water partition coefficient (Wildman–Crippen LogP) is 3.36. The standard InChI is InChI=1S/C11H11ClF3NO2/c1-2-5-18-6-8(17)7-3-4-9(11(13,14)15)16-10(7)12/h3-4H,2,5-6H2,1H3. The molecule has 0 aliphatic carbocycles. The lowest BCUT2D eigenvalue weighted by molar-refractivity contribution is -0.141. The Kier molecular flexibility index (Phi) is 5.10. The first kappa shape index (κ1) is 14.9. The van der Waals surface area contributed by atoms with Crippen LogP contribution in [0.2, 0.25) is 5.15 Å². The van der Waals surface area contributed by atoms with E-state index in [9.17, 15) is 18.0 Å². The summed E-state index contributed by atoms with van der Waals surface area (Å²) in [6.45, 7) is 2.05. The molecule has 0 aliphatic heterocycles. The molecule has 0 atom stereocenters. The average molecular weight is 282 g/mol. The number of ether oxygens (including phenoxy) is 1. The number of rotatable bonds is 5. The second-order valence-electron chi connectivity index (χ2n) is 3.51. The van der Waals surface area contributed by atoms with E-state index in [0.717, 1.165) is 18.6 Å². The summed E-state index contributed by atoms with van der Waals surface area (Å²) in [6, 6.07) is 1.73. The van der Waals surface area contributed by atoms with E-state index in [1.807, 2.05) is 6.92 Å². The lowest BCUT2D eigenvalue weighted by atomic mass is 10.2. The van der Waals surface area contributed by atoms with Gasteiger partial charge in [0.05, 0.1) is 5.56 Å². The third-order valence-electron chi connectivity index (χ3n) is 2.02. The summed E-state index contributed by atoms with van der Waals surface area (Å²) in [4.78, 5) is 14.7. The van der Waals surface area contributed by atoms with E-state index in [-0.39, 0.29) is 12.2 Å². The highest BCUT2D eigenvalue weighted by atomic mass is 35.5. The van der Waals surface area contributed by atoms with Crippen LogP contribution in [0.25, 0.3) is 0 Å². The third-order valence-corrected chi connectivity index (χ3v) is 2.31. The van der Waals surface area contributed by atoms with Gasteiger partial charge in [-0.15, -0.1) is 0 Å². The number of nitrogens with zero attached hydrogens (tertiary/aromatic N) is 1. The fraction of sp³-hybridized carbons (Fsp3) is 0.455. The molecule has 1 aromatic heterocycles. The number of hydrogen-bond donors (Lipinski definition) is 0. The van der Waals surface area contributed by atoms with Gasteiger partial charge in [-0.1, -0.05) is 18.5 Å². The molecule has 0 spiro atoms. The molecule has 0 bridgehead atoms. The minimum Gasteiger partial charge on any atom is -0.373 e. The Morgan fingerprint density at radius 2 is 2.11 bits per heavy atom. The van der Waals surface area contributed by atoms with Gasteiger partial charge in [-0.25, -0.2) is 4.98 Å². The third kappa shape index (κ3) is 3.96. The summed E-state index contributed by atoms with van der Waals surface area (Å²) < 4.78 is 41.9. The van der Waals surface area contributed by atoms with Crippen molar-refractivity contribution < 1.29 is 22.7 Å². The van der Waals surface area contributed by atoms with Gasteiger partial charge in [0.25, 0.3) is 0 Å². The van der Waals surface area contributed by atoms with Crippen molar-refractivity contribution in [3.8, 4) is 0 Å². The van der Waals surface area contributed by atoms with Crippen molar-refractivity contribution in [3.05, 3.63) is 28.5 Å². The normalized spacial score (nSPS) is 11.6. The van der Waals surface area contributed by atoms with Crippen LogP contribution in [0.3, 0.4) is 0 Å². The first-order valence-corrected chi connectivity index (χ1v) is 5.58. The van der Waals surface area contributed by atoms with Crippen LogP contribution in [-0.2, 0) is 10.9 Å². The lowest BCUT2D eigenvalue weighted by Gasteiger charge is -2.08. The largest absolute Gasteiger partial charge is 0.433 e. The Balaban J connectivity index is 2.82. The first-order chi connectivity index (χ1) is 8.36. The Morgan fingerprint density at radius 3 is 2.61 bits per heavy atom. The number of alkyl halides is 3. The molecule has 0 aliphatic rings. The lowest BCUT2D eigenvalue weighted by Crippen LogP contribution is -2.13. The molecule has 3 nitrogen and oxygen atoms in total. The number of ketones is 1. The van der Waals surface area contributed by atoms with Gasteiger partial charge >= 0.3 is 6.18 Å². The molecular weight excluding hydrogens is 271 g/mol. The van der Waals surface area contributed by atoms with Crippen molar-refractivity contribution >= 4 is 17.4 Å². The number of carbonyl (C=O) groups is 1. The molecule has 1 aromatic rings. The highest BCUT2D eigenvalue weighted by Gasteiger charge is 2.33. The number of hydrogen-bond acceptors (Lipinski definition) is 3. The van der Waals surface area contributed by atoms with E-state index in [1.54, 1.807) is 0 Å². The molecule has 0 saturated heterocycles. The summed E-state index contributed by atoms with van der Waals surface area (Å²) in [5.41, 5.74) is -1.20. The van der Waals surface area contributed by atoms with Crippen LogP contribution in [-0.4, -0.2) is 24.0 Å². The summed E-state index contributed by atoms with van der Waals surface area (Å²) in [6.07, 6.45) is -3.84. The highest BCUT2D eigenvalue weighted by Crippen LogP contribution is 2.29. The Bertz CT molecular complexity index is 435. The average Bonchev–Trinajstić information content (AvgIpc) is 2.27. The van der Waals surface area contributed by atoms with Crippen molar-refractivity contribution in [2.75, 3.05) is 13.2 Å². The summed E-state index contributed by atoms with van der Waals surface area (Å²) >= 11 is 5.56. The van der Waals surface area contributed by atoms with Gasteiger partial charge < -0.3 is 4.74 Å². The fourth-order valence-corrected chi connectivity index (χ4v) is 1.45. The van der Waals surface area contributed by atoms with Crippen LogP contribution < -0.4 is 0 Å². The van der Waals surface area contributed by atoms with E-state index in [1.165, 1.54) is 0 Å². The molecule has 1 heterocycles. The van der Waals surface area contributed by atoms with Gasteiger partial charge in [0.1, 0.15) is 17.5 Å². The number of carbonyl (C=O) groups excluding carboxylic acids is 1. The Morgan fingerprint density at radius 1 is 1.44 bits per heavy atom. The summed E-state index contributed by atoms with van der Waals surface area (Å²) in [5, 5.41) is -0.463. The Labute approximate surface area is 107 Å². The molecule has 0 saturated carbocycles. The molecule has 18 heavy (non-hydrogen) atoms. The second-order valence-corrected chi connectivity index (χ2v) is 3.87. The maximum Gasteiger partial charge on any atom is 0.433 e. The fourth-order valence-electron chi connectivity index (χ4n) is 1.19. The van der Waals surface area contributed by atoms with E-state index in [4.69, 9.17) is 16.3 Å². The van der Waals surface area contributed by atoms with Gasteiger partial charge in [0.2, 0.25) is 0 Å². The molecule has 0 radical (unpaired) electrons. The zero-order valence-corrected chi connectivity index (χ0v) is 10.3. The number of Topliss-reactive ketones (excluding diaryl/α,β-unsaturated/α-hetero) is 1. The Hall–Kier alpha value is -1.14. The smallest absolute Gasteiger partial charge is 0.373 e. The highest BCUT2D eigenvalue weighted by molar-refractivity contribution is 6.32. The number of aromatic nitrogens is 1. The first-order valence-electron chi connectivity index (χ1n) is 5.21. The van der Waals surface area contributed by atoms with Gasteiger partial charge in [0, 0.05) is 6.61 Å². The van der Waals surface area contributed by atoms with Crippen LogP contribution in [0.4, 0.5) is 13.2 Å². The second kappa shape index (κ2) is 6.15. The maximum atomic E-state index is 12.3. The van der Waals surface area contributed by atoms with Gasteiger partial charge in [-0.3, -0.25) is 4.79 Å². The minimum atomic E-state index is -4.58. The van der Waals surface area contributed by atoms with Gasteiger partial charge in [-0.05, 0) is 18.6 Å². The molecule has 0 aromatic carbocycles. The summed E-state index contributed by atoms with van der Waals surface area (Å²) in [7, 11) is 0. The van der Waals surface area contributed by atoms with Crippen LogP contribution in [0, 0.1) is 0 Å². The minimum absolute atomic E-state index is 0.0687. The van der Waals surface area contributed by atoms with Gasteiger partial charge in [-0.2, -0.15) is 13.2 Å². The van der Waals surface area contributed by atoms with Crippen molar-refractivity contribution in [3.63, 3.8) is 0 Å². The number of halogens is 4. The zero-order valence-electron chi connectivity index (χ0n) is 9.55. The molecule has 0 unspecified atom stereocenters. The molecule has 0 fully saturated rings. The van der Waals surface area contributed by atoms with Crippen molar-refractivity contribution in [1.29, 1.82) is 0 Å². The molecule has 0 N–H and O–H groups in total. The van der Waals surface area contributed by atoms with Crippen LogP contribution in [0.5, 0.6) is 0 Å². The predicted molar refractivity (Wildman–Crippen MR) is 59.7 cm³/mol. The molecule has 0 amide bonds. The van der Waals surface area contributed by atoms with Crippen LogP contribution in [0.1, 0.15) is 29.4 Å². The van der Waals surface area contributed by atoms with E-state index in [2.05, 4.69) is 4.98 Å². The molecule has 1 rings (SSSR count). The monoisotopic (exact) mass is 281 g/mol. The van der Waals surface area contributed by atoms with E-state index in [0.29, 0.717) is 6.61 Å². The van der Waals surface area contributed by atoms with E-state index >= 15 is 0 Å². The summed E-state index contributed by atoms with van der Waals surface area (Å²) in [5.74, 6) is -0.491. The molecular formula is C11H11ClF3NO2. The van der Waals surface area contributed by atoms with Crippen LogP contribution in [0.15, 0.2) is 12.1 Å². The maximum absolute atomic E-state index is 12.3. The quantitative estimate of drug-likeness (QED) is 0.472. The molecule has 100 valence electrons. The SMILES string of the molecule is CCCOCC(=O)c1ccc(C(F)(F)F)nc1Cl. The van der Waals surface area contributed by atoms with Crippen molar-refractivity contribution in [1.82, 2.24) is 4.98 Å². The van der Waals surface area contributed by atoms with Crippen LogP contribution >= 0.6 is 11.6 Å². The van der Waals surface area contributed by atoms with Crippen molar-refractivity contribution in [2.24, 2.45) is 0 Å². The zero-order chi connectivity index (χ0) is 13.8. The van der Waals surface area contributed by atoms with Crippen molar-refractivity contribution in [2.45, 2.75) is 19.5 Å². The topological polar surface area (TPSA) is 39.2 Å².